The molecule has 0 fully saturated rings. The molecule has 0 saturated heterocycles. The second-order valence-corrected chi connectivity index (χ2v) is 14.3. The molecule has 0 aliphatic heterocycles. The quantitative estimate of drug-likeness (QED) is 0.158. The molecule has 0 atom stereocenters. The Kier molecular flexibility index (Phi) is 7.96. The Balaban J connectivity index is 1.18. The lowest BCUT2D eigenvalue weighted by Gasteiger charge is -2.19. The molecule has 2 heteroatoms. The largest absolute Gasteiger partial charge is 0.296 e. The van der Waals surface area contributed by atoms with Crippen molar-refractivity contribution in [1.82, 2.24) is 9.55 Å². The topological polar surface area (TPSA) is 17.8 Å². The molecule has 0 aliphatic rings. The molecule has 0 saturated carbocycles. The van der Waals surface area contributed by atoms with Gasteiger partial charge in [0.25, 0.3) is 0 Å². The molecule has 0 unspecified atom stereocenters. The van der Waals surface area contributed by atoms with Gasteiger partial charge in [0.1, 0.15) is 5.82 Å². The molecule has 10 aromatic rings. The standard InChI is InChI=1S/C53H38N2/c1-3-13-50-35(2)55(45-18-5-4-6-19-45)53(54-50)39-26-22-38(23-27-39)42-30-31-48-49(34-42)52(44-29-25-37-15-8-10-17-41(37)33-44)47-21-12-11-20-46(47)51(48)43-28-24-36-14-7-9-16-40(36)32-43/h3-34H,1-2H3. The molecule has 9 aromatic carbocycles. The van der Waals surface area contributed by atoms with Crippen LogP contribution < -0.4 is 0 Å². The summed E-state index contributed by atoms with van der Waals surface area (Å²) in [7, 11) is 0. The summed E-state index contributed by atoms with van der Waals surface area (Å²) in [6, 6.07) is 66.5. The van der Waals surface area contributed by atoms with Crippen molar-refractivity contribution in [1.29, 1.82) is 0 Å². The number of fused-ring (bicyclic) bond motifs is 4. The Bertz CT molecular complexity index is 3090. The van der Waals surface area contributed by atoms with Gasteiger partial charge >= 0.3 is 0 Å². The number of hydrogen-bond acceptors (Lipinski definition) is 1. The lowest BCUT2D eigenvalue weighted by molar-refractivity contribution is 1.01. The molecule has 260 valence electrons. The van der Waals surface area contributed by atoms with Crippen LogP contribution in [0.1, 0.15) is 18.3 Å². The van der Waals surface area contributed by atoms with E-state index in [-0.39, 0.29) is 0 Å². The van der Waals surface area contributed by atoms with E-state index < -0.39 is 0 Å². The van der Waals surface area contributed by atoms with Crippen molar-refractivity contribution in [3.8, 4) is 50.5 Å². The van der Waals surface area contributed by atoms with Crippen LogP contribution in [-0.4, -0.2) is 9.55 Å². The van der Waals surface area contributed by atoms with E-state index in [0.29, 0.717) is 0 Å². The monoisotopic (exact) mass is 702 g/mol. The molecule has 0 spiro atoms. The van der Waals surface area contributed by atoms with Crippen LogP contribution in [0.15, 0.2) is 188 Å². The maximum absolute atomic E-state index is 5.12. The van der Waals surface area contributed by atoms with Crippen molar-refractivity contribution in [2.24, 2.45) is 0 Å². The predicted octanol–water partition coefficient (Wildman–Crippen LogP) is 14.5. The summed E-state index contributed by atoms with van der Waals surface area (Å²) in [5, 5.41) is 9.97. The predicted molar refractivity (Wildman–Crippen MR) is 235 cm³/mol. The van der Waals surface area contributed by atoms with E-state index in [4.69, 9.17) is 4.98 Å². The smallest absolute Gasteiger partial charge is 0.145 e. The molecular formula is C53H38N2. The highest BCUT2D eigenvalue weighted by atomic mass is 15.1. The molecule has 55 heavy (non-hydrogen) atoms. The highest BCUT2D eigenvalue weighted by molar-refractivity contribution is 6.22. The first-order valence-electron chi connectivity index (χ1n) is 19.0. The van der Waals surface area contributed by atoms with E-state index in [1.54, 1.807) is 0 Å². The summed E-state index contributed by atoms with van der Waals surface area (Å²) in [5.74, 6) is 0.937. The number of allylic oxidation sites excluding steroid dienone is 1. The van der Waals surface area contributed by atoms with E-state index in [0.717, 1.165) is 28.5 Å². The zero-order valence-electron chi connectivity index (χ0n) is 30.9. The van der Waals surface area contributed by atoms with Gasteiger partial charge in [0.2, 0.25) is 0 Å². The van der Waals surface area contributed by atoms with Gasteiger partial charge in [-0.3, -0.25) is 4.57 Å². The molecule has 0 N–H and O–H groups in total. The first-order chi connectivity index (χ1) is 27.1. The SMILES string of the molecule is CC=Cc1nc(-c2ccc(-c3ccc4c(-c5ccc6ccccc6c5)c5ccccc5c(-c5ccc6ccccc6c5)c4c3)cc2)n(-c2ccccc2)c1C. The van der Waals surface area contributed by atoms with Crippen LogP contribution in [0.5, 0.6) is 0 Å². The highest BCUT2D eigenvalue weighted by Crippen LogP contribution is 2.46. The van der Waals surface area contributed by atoms with Crippen LogP contribution >= 0.6 is 0 Å². The minimum absolute atomic E-state index is 0.937. The van der Waals surface area contributed by atoms with E-state index in [2.05, 4.69) is 206 Å². The third-order valence-electron chi connectivity index (χ3n) is 11.1. The first kappa shape index (κ1) is 32.6. The lowest BCUT2D eigenvalue weighted by atomic mass is 9.84. The molecule has 1 aromatic heterocycles. The minimum Gasteiger partial charge on any atom is -0.296 e. The minimum atomic E-state index is 0.937. The third kappa shape index (κ3) is 5.62. The summed E-state index contributed by atoms with van der Waals surface area (Å²) >= 11 is 0. The Morgan fingerprint density at radius 3 is 1.53 bits per heavy atom. The van der Waals surface area contributed by atoms with Gasteiger partial charge in [-0.2, -0.15) is 0 Å². The van der Waals surface area contributed by atoms with E-state index in [1.807, 2.05) is 6.92 Å². The highest BCUT2D eigenvalue weighted by Gasteiger charge is 2.19. The zero-order chi connectivity index (χ0) is 36.9. The van der Waals surface area contributed by atoms with Crippen LogP contribution in [0, 0.1) is 6.92 Å². The van der Waals surface area contributed by atoms with Gasteiger partial charge < -0.3 is 0 Å². The van der Waals surface area contributed by atoms with Crippen LogP contribution in [0.3, 0.4) is 0 Å². The van der Waals surface area contributed by atoms with Crippen LogP contribution in [0.2, 0.25) is 0 Å². The number of para-hydroxylation sites is 1. The Morgan fingerprint density at radius 1 is 0.418 bits per heavy atom. The number of rotatable bonds is 6. The van der Waals surface area contributed by atoms with Crippen LogP contribution in [0.4, 0.5) is 0 Å². The average molecular weight is 703 g/mol. The summed E-state index contributed by atoms with van der Waals surface area (Å²) in [6.07, 6.45) is 4.14. The van der Waals surface area contributed by atoms with Gasteiger partial charge in [-0.25, -0.2) is 4.98 Å². The van der Waals surface area contributed by atoms with Gasteiger partial charge in [-0.15, -0.1) is 0 Å². The fourth-order valence-electron chi connectivity index (χ4n) is 8.40. The van der Waals surface area contributed by atoms with E-state index in [1.165, 1.54) is 76.5 Å². The third-order valence-corrected chi connectivity index (χ3v) is 11.1. The van der Waals surface area contributed by atoms with Crippen LogP contribution in [-0.2, 0) is 0 Å². The summed E-state index contributed by atoms with van der Waals surface area (Å²) in [4.78, 5) is 5.12. The molecule has 10 rings (SSSR count). The maximum Gasteiger partial charge on any atom is 0.145 e. The molecule has 1 heterocycles. The summed E-state index contributed by atoms with van der Waals surface area (Å²) < 4.78 is 2.26. The second kappa shape index (κ2) is 13.4. The van der Waals surface area contributed by atoms with E-state index >= 15 is 0 Å². The van der Waals surface area contributed by atoms with Crippen molar-refractivity contribution in [2.75, 3.05) is 0 Å². The molecule has 0 bridgehead atoms. The van der Waals surface area contributed by atoms with Crippen LogP contribution in [0.25, 0.3) is 99.6 Å². The average Bonchev–Trinajstić information content (AvgIpc) is 3.57. The summed E-state index contributed by atoms with van der Waals surface area (Å²) in [6.45, 7) is 4.18. The Morgan fingerprint density at radius 2 is 0.909 bits per heavy atom. The van der Waals surface area contributed by atoms with Gasteiger partial charge in [0.05, 0.1) is 5.69 Å². The van der Waals surface area contributed by atoms with Gasteiger partial charge in [0, 0.05) is 16.9 Å². The van der Waals surface area contributed by atoms with Crippen molar-refractivity contribution >= 4 is 49.2 Å². The maximum atomic E-state index is 5.12. The number of hydrogen-bond donors (Lipinski definition) is 0. The summed E-state index contributed by atoms with van der Waals surface area (Å²) in [5.41, 5.74) is 11.6. The molecule has 2 nitrogen and oxygen atoms in total. The number of imidazole rings is 1. The first-order valence-corrected chi connectivity index (χ1v) is 19.0. The molecule has 0 aliphatic carbocycles. The fraction of sp³-hybridized carbons (Fsp3) is 0.0377. The molecule has 0 amide bonds. The Labute approximate surface area is 321 Å². The lowest BCUT2D eigenvalue weighted by Crippen LogP contribution is -1.99. The second-order valence-electron chi connectivity index (χ2n) is 14.3. The number of nitrogens with zero attached hydrogens (tertiary/aromatic N) is 2. The Hall–Kier alpha value is -7.03. The van der Waals surface area contributed by atoms with Gasteiger partial charge in [0.15, 0.2) is 0 Å². The molecular weight excluding hydrogens is 665 g/mol. The van der Waals surface area contributed by atoms with Crippen molar-refractivity contribution < 1.29 is 0 Å². The molecule has 0 radical (unpaired) electrons. The number of aromatic nitrogens is 2. The van der Waals surface area contributed by atoms with E-state index in [9.17, 15) is 0 Å². The van der Waals surface area contributed by atoms with Gasteiger partial charge in [-0.1, -0.05) is 158 Å². The van der Waals surface area contributed by atoms with Crippen molar-refractivity contribution in [3.05, 3.63) is 199 Å². The normalized spacial score (nSPS) is 11.7. The zero-order valence-corrected chi connectivity index (χ0v) is 30.9. The fourth-order valence-corrected chi connectivity index (χ4v) is 8.40. The van der Waals surface area contributed by atoms with Gasteiger partial charge in [-0.05, 0) is 127 Å². The van der Waals surface area contributed by atoms with Crippen molar-refractivity contribution in [3.63, 3.8) is 0 Å². The number of benzene rings is 9. The van der Waals surface area contributed by atoms with Crippen molar-refractivity contribution in [2.45, 2.75) is 13.8 Å².